The van der Waals surface area contributed by atoms with E-state index in [-0.39, 0.29) is 11.9 Å². The van der Waals surface area contributed by atoms with Crippen LogP contribution in [0.2, 0.25) is 5.02 Å². The van der Waals surface area contributed by atoms with Gasteiger partial charge < -0.3 is 14.6 Å². The number of rotatable bonds is 7. The van der Waals surface area contributed by atoms with Crippen LogP contribution in [0.3, 0.4) is 0 Å². The first-order chi connectivity index (χ1) is 20.5. The number of piperazine rings is 1. The van der Waals surface area contributed by atoms with Gasteiger partial charge in [0.05, 0.1) is 18.1 Å². The van der Waals surface area contributed by atoms with Gasteiger partial charge >= 0.3 is 6.09 Å². The summed E-state index contributed by atoms with van der Waals surface area (Å²) < 4.78 is 8.79. The number of hydrogen-bond donors (Lipinski definition) is 1. The van der Waals surface area contributed by atoms with Gasteiger partial charge in [0.1, 0.15) is 11.6 Å². The second-order valence-corrected chi connectivity index (χ2v) is 13.6. The molecule has 1 fully saturated rings. The Bertz CT molecular complexity index is 1420. The molecule has 2 aliphatic rings. The van der Waals surface area contributed by atoms with Crippen LogP contribution in [0.1, 0.15) is 68.2 Å². The Balaban J connectivity index is 1.43. The summed E-state index contributed by atoms with van der Waals surface area (Å²) >= 11 is 10.0. The lowest BCUT2D eigenvalue weighted by Gasteiger charge is -2.44. The molecule has 1 aromatic carbocycles. The van der Waals surface area contributed by atoms with E-state index in [2.05, 4.69) is 54.8 Å². The molecule has 1 aliphatic carbocycles. The molecule has 2 amide bonds. The van der Waals surface area contributed by atoms with Gasteiger partial charge in [0, 0.05) is 66.7 Å². The molecule has 0 radical (unpaired) electrons. The van der Waals surface area contributed by atoms with Crippen LogP contribution < -0.4 is 5.32 Å². The number of aryl methyl sites for hydroxylation is 3. The smallest absolute Gasteiger partial charge is 0.411 e. The zero-order valence-electron chi connectivity index (χ0n) is 25.3. The molecule has 9 nitrogen and oxygen atoms in total. The third-order valence-electron chi connectivity index (χ3n) is 7.94. The van der Waals surface area contributed by atoms with Crippen molar-refractivity contribution in [3.8, 4) is 0 Å². The molecule has 2 atom stereocenters. The molecular weight excluding hydrogens is 632 g/mol. The fraction of sp³-hybridized carbons (Fsp3) is 0.500. The van der Waals surface area contributed by atoms with E-state index in [0.29, 0.717) is 37.6 Å². The highest BCUT2D eigenvalue weighted by atomic mass is 79.9. The molecule has 230 valence electrons. The van der Waals surface area contributed by atoms with E-state index < -0.39 is 17.7 Å². The molecule has 5 rings (SSSR count). The number of carbonyl (C=O) groups excluding carboxylic acids is 2. The topological polar surface area (TPSA) is 92.6 Å². The maximum absolute atomic E-state index is 13.8. The Morgan fingerprint density at radius 2 is 1.93 bits per heavy atom. The van der Waals surface area contributed by atoms with Crippen LogP contribution in [0.25, 0.3) is 0 Å². The number of fused-ring (bicyclic) bond motifs is 2. The lowest BCUT2D eigenvalue weighted by atomic mass is 9.95. The van der Waals surface area contributed by atoms with Crippen molar-refractivity contribution in [1.29, 1.82) is 0 Å². The molecule has 0 saturated carbocycles. The standard InChI is InChI=1S/C32H40BrClN6O3/c1-5-12-39-20-35-18-25(39)10-11-36-30(41)27-19-38(13-14-40(27)31(42)43-32(2,3)4)29-26-9-8-24(34)16-21(26)6-7-22-15-23(33)17-37-28(22)29/h8-9,15-18,20,27,29H,5-7,10-14,19H2,1-4H3,(H,36,41)/t27-,29?/m1/s1. The predicted octanol–water partition coefficient (Wildman–Crippen LogP) is 5.57. The zero-order chi connectivity index (χ0) is 30.7. The third-order valence-corrected chi connectivity index (χ3v) is 8.61. The highest BCUT2D eigenvalue weighted by Crippen LogP contribution is 2.38. The van der Waals surface area contributed by atoms with Gasteiger partial charge in [-0.25, -0.2) is 9.78 Å². The Hall–Kier alpha value is -2.95. The van der Waals surface area contributed by atoms with Crippen LogP contribution in [0.4, 0.5) is 4.79 Å². The first kappa shape index (κ1) is 31.5. The number of amides is 2. The number of ether oxygens (including phenoxy) is 1. The van der Waals surface area contributed by atoms with Gasteiger partial charge in [0.15, 0.2) is 0 Å². The van der Waals surface area contributed by atoms with Crippen molar-refractivity contribution in [2.24, 2.45) is 0 Å². The molecule has 1 unspecified atom stereocenters. The number of halogens is 2. The van der Waals surface area contributed by atoms with E-state index in [0.717, 1.165) is 52.8 Å². The average molecular weight is 672 g/mol. The fourth-order valence-corrected chi connectivity index (χ4v) is 6.59. The Labute approximate surface area is 267 Å². The van der Waals surface area contributed by atoms with Gasteiger partial charge in [-0.2, -0.15) is 0 Å². The molecule has 1 saturated heterocycles. The van der Waals surface area contributed by atoms with Crippen molar-refractivity contribution in [2.45, 2.75) is 77.6 Å². The van der Waals surface area contributed by atoms with Gasteiger partial charge in [-0.15, -0.1) is 0 Å². The maximum Gasteiger partial charge on any atom is 0.411 e. The highest BCUT2D eigenvalue weighted by Gasteiger charge is 2.41. The van der Waals surface area contributed by atoms with Crippen molar-refractivity contribution in [1.82, 2.24) is 29.7 Å². The maximum atomic E-state index is 13.8. The van der Waals surface area contributed by atoms with E-state index in [1.54, 1.807) is 4.90 Å². The lowest BCUT2D eigenvalue weighted by Crippen LogP contribution is -2.61. The van der Waals surface area contributed by atoms with Crippen LogP contribution >= 0.6 is 27.5 Å². The van der Waals surface area contributed by atoms with Gasteiger partial charge in [0.2, 0.25) is 5.91 Å². The summed E-state index contributed by atoms with van der Waals surface area (Å²) in [6.45, 7) is 10.2. The summed E-state index contributed by atoms with van der Waals surface area (Å²) in [6.07, 6.45) is 8.35. The predicted molar refractivity (Wildman–Crippen MR) is 170 cm³/mol. The minimum absolute atomic E-state index is 0.183. The first-order valence-corrected chi connectivity index (χ1v) is 16.1. The normalized spacial score (nSPS) is 18.9. The average Bonchev–Trinajstić information content (AvgIpc) is 3.32. The number of carbonyl (C=O) groups is 2. The summed E-state index contributed by atoms with van der Waals surface area (Å²) in [4.78, 5) is 40.2. The van der Waals surface area contributed by atoms with E-state index >= 15 is 0 Å². The second-order valence-electron chi connectivity index (χ2n) is 12.2. The van der Waals surface area contributed by atoms with Gasteiger partial charge in [-0.3, -0.25) is 19.6 Å². The minimum atomic E-state index is -0.734. The summed E-state index contributed by atoms with van der Waals surface area (Å²) in [6, 6.07) is 7.25. The number of pyridine rings is 1. The fourth-order valence-electron chi connectivity index (χ4n) is 6.01. The molecular formula is C32H40BrClN6O3. The SMILES string of the molecule is CCCn1cncc1CCNC(=O)[C@H]1CN(C2c3ccc(Cl)cc3CCc3cc(Br)cnc32)CCN1C(=O)OC(C)(C)C. The van der Waals surface area contributed by atoms with Gasteiger partial charge in [-0.1, -0.05) is 24.6 Å². The molecule has 1 N–H and O–H groups in total. The van der Waals surface area contributed by atoms with Crippen molar-refractivity contribution in [2.75, 3.05) is 26.2 Å². The van der Waals surface area contributed by atoms with E-state index in [1.807, 2.05) is 51.6 Å². The summed E-state index contributed by atoms with van der Waals surface area (Å²) in [5, 5.41) is 3.80. The van der Waals surface area contributed by atoms with Crippen molar-refractivity contribution >= 4 is 39.5 Å². The van der Waals surface area contributed by atoms with Crippen LogP contribution in [0.15, 0.2) is 47.5 Å². The summed E-state index contributed by atoms with van der Waals surface area (Å²) in [5.41, 5.74) is 4.82. The van der Waals surface area contributed by atoms with E-state index in [1.165, 1.54) is 5.56 Å². The third kappa shape index (κ3) is 7.41. The zero-order valence-corrected chi connectivity index (χ0v) is 27.6. The highest BCUT2D eigenvalue weighted by molar-refractivity contribution is 9.10. The molecule has 43 heavy (non-hydrogen) atoms. The van der Waals surface area contributed by atoms with Gasteiger partial charge in [-0.05, 0) is 90.9 Å². The van der Waals surface area contributed by atoms with Crippen LogP contribution in [0.5, 0.6) is 0 Å². The van der Waals surface area contributed by atoms with Crippen LogP contribution in [-0.2, 0) is 35.3 Å². The molecule has 11 heteroatoms. The van der Waals surface area contributed by atoms with Crippen molar-refractivity contribution in [3.05, 3.63) is 80.6 Å². The van der Waals surface area contributed by atoms with Crippen molar-refractivity contribution < 1.29 is 14.3 Å². The summed E-state index contributed by atoms with van der Waals surface area (Å²) in [7, 11) is 0. The summed E-state index contributed by atoms with van der Waals surface area (Å²) in [5.74, 6) is -0.203. The lowest BCUT2D eigenvalue weighted by molar-refractivity contribution is -0.129. The van der Waals surface area contributed by atoms with Crippen LogP contribution in [0, 0.1) is 0 Å². The number of aromatic nitrogens is 3. The molecule has 3 heterocycles. The van der Waals surface area contributed by atoms with Gasteiger partial charge in [0.25, 0.3) is 0 Å². The number of nitrogens with zero attached hydrogens (tertiary/aromatic N) is 5. The number of nitrogens with one attached hydrogen (secondary N) is 1. The minimum Gasteiger partial charge on any atom is -0.444 e. The second kappa shape index (κ2) is 13.4. The van der Waals surface area contributed by atoms with Crippen molar-refractivity contribution in [3.63, 3.8) is 0 Å². The molecule has 2 aromatic heterocycles. The first-order valence-electron chi connectivity index (χ1n) is 15.0. The van der Waals surface area contributed by atoms with Crippen LogP contribution in [-0.4, -0.2) is 74.2 Å². The number of benzene rings is 1. The quantitative estimate of drug-likeness (QED) is 0.353. The van der Waals surface area contributed by atoms with E-state index in [9.17, 15) is 9.59 Å². The molecule has 3 aromatic rings. The van der Waals surface area contributed by atoms with E-state index in [4.69, 9.17) is 21.3 Å². The Morgan fingerprint density at radius 3 is 2.70 bits per heavy atom. The monoisotopic (exact) mass is 670 g/mol. The number of hydrogen-bond acceptors (Lipinski definition) is 6. The molecule has 0 spiro atoms. The Kier molecular flexibility index (Phi) is 9.78. The molecule has 0 bridgehead atoms. The largest absolute Gasteiger partial charge is 0.444 e. The number of imidazole rings is 1. The Morgan fingerprint density at radius 1 is 1.14 bits per heavy atom. The molecule has 1 aliphatic heterocycles.